The summed E-state index contributed by atoms with van der Waals surface area (Å²) >= 11 is 6.16. The molecule has 2 aromatic carbocycles. The quantitative estimate of drug-likeness (QED) is 0.383. The van der Waals surface area contributed by atoms with E-state index in [9.17, 15) is 14.4 Å². The van der Waals surface area contributed by atoms with Crippen LogP contribution < -0.4 is 15.2 Å². The summed E-state index contributed by atoms with van der Waals surface area (Å²) in [6.45, 7) is 3.56. The van der Waals surface area contributed by atoms with Crippen LogP contribution in [0.3, 0.4) is 0 Å². The average molecular weight is 456 g/mol. The fraction of sp³-hybridized carbons (Fsp3) is 0.286. The number of ether oxygens (including phenoxy) is 3. The molecule has 0 saturated heterocycles. The van der Waals surface area contributed by atoms with E-state index in [0.717, 1.165) is 0 Å². The molecule has 2 rings (SSSR count). The summed E-state index contributed by atoms with van der Waals surface area (Å²) in [6, 6.07) is 10.4. The van der Waals surface area contributed by atoms with Crippen molar-refractivity contribution < 1.29 is 28.6 Å². The number of hydrogen-bond acceptors (Lipinski definition) is 7. The molecule has 0 saturated carbocycles. The zero-order valence-corrected chi connectivity index (χ0v) is 18.3. The van der Waals surface area contributed by atoms with Gasteiger partial charge in [-0.15, -0.1) is 24.0 Å². The Morgan fingerprint density at radius 2 is 1.50 bits per heavy atom. The van der Waals surface area contributed by atoms with E-state index in [2.05, 4.69) is 4.74 Å². The molecule has 0 amide bonds. The molecule has 0 aromatic heterocycles. The summed E-state index contributed by atoms with van der Waals surface area (Å²) in [5.41, 5.74) is 6.72. The lowest BCUT2D eigenvalue weighted by molar-refractivity contribution is -0.137. The summed E-state index contributed by atoms with van der Waals surface area (Å²) in [5.74, 6) is -1.93. The van der Waals surface area contributed by atoms with Gasteiger partial charge in [-0.25, -0.2) is 9.59 Å². The van der Waals surface area contributed by atoms with Crippen molar-refractivity contribution >= 4 is 41.9 Å². The van der Waals surface area contributed by atoms with E-state index in [1.807, 2.05) is 0 Å². The maximum absolute atomic E-state index is 12.5. The van der Waals surface area contributed by atoms with Crippen molar-refractivity contribution in [3.8, 4) is 11.5 Å². The molecule has 0 aliphatic heterocycles. The standard InChI is InChI=1S/C21H22ClNO6.ClH/c1-12(2)19(24)29-18-10-15(16(22)11-23)8-9-17(18)28-21(26)14-6-4-13(5-7-14)20(25)27-3;/h4-10,12,16H,11,23H2,1-3H3;1H. The van der Waals surface area contributed by atoms with Gasteiger partial charge in [-0.3, -0.25) is 4.79 Å². The van der Waals surface area contributed by atoms with Crippen molar-refractivity contribution in [1.29, 1.82) is 0 Å². The third-order valence-corrected chi connectivity index (χ3v) is 4.39. The zero-order valence-electron chi connectivity index (χ0n) is 16.7. The molecular formula is C21H23Cl2NO6. The summed E-state index contributed by atoms with van der Waals surface area (Å²) in [4.78, 5) is 36.0. The second kappa shape index (κ2) is 11.5. The number of nitrogens with two attached hydrogens (primary N) is 1. The predicted molar refractivity (Wildman–Crippen MR) is 115 cm³/mol. The summed E-state index contributed by atoms with van der Waals surface area (Å²) < 4.78 is 15.4. The van der Waals surface area contributed by atoms with Gasteiger partial charge in [0, 0.05) is 6.54 Å². The maximum atomic E-state index is 12.5. The van der Waals surface area contributed by atoms with Crippen LogP contribution in [0, 0.1) is 5.92 Å². The SMILES string of the molecule is COC(=O)c1ccc(C(=O)Oc2ccc(C(Cl)CN)cc2OC(=O)C(C)C)cc1.Cl. The first-order valence-electron chi connectivity index (χ1n) is 8.87. The molecule has 162 valence electrons. The molecule has 0 radical (unpaired) electrons. The molecule has 0 aliphatic rings. The molecule has 7 nitrogen and oxygen atoms in total. The van der Waals surface area contributed by atoms with E-state index in [1.165, 1.54) is 43.5 Å². The number of carbonyl (C=O) groups excluding carboxylic acids is 3. The smallest absolute Gasteiger partial charge is 0.343 e. The Hall–Kier alpha value is -2.61. The van der Waals surface area contributed by atoms with Crippen molar-refractivity contribution in [3.05, 3.63) is 59.2 Å². The molecular weight excluding hydrogens is 433 g/mol. The minimum atomic E-state index is -0.683. The summed E-state index contributed by atoms with van der Waals surface area (Å²) in [6.07, 6.45) is 0. The van der Waals surface area contributed by atoms with E-state index < -0.39 is 23.3 Å². The van der Waals surface area contributed by atoms with Crippen LogP contribution in [0.25, 0.3) is 0 Å². The van der Waals surface area contributed by atoms with Crippen LogP contribution in [0.2, 0.25) is 0 Å². The molecule has 2 N–H and O–H groups in total. The van der Waals surface area contributed by atoms with Crippen LogP contribution in [0.1, 0.15) is 45.5 Å². The van der Waals surface area contributed by atoms with E-state index in [4.69, 9.17) is 26.8 Å². The lowest BCUT2D eigenvalue weighted by Crippen LogP contribution is -2.17. The number of esters is 3. The average Bonchev–Trinajstić information content (AvgIpc) is 2.73. The topological polar surface area (TPSA) is 105 Å². The highest BCUT2D eigenvalue weighted by atomic mass is 35.5. The fourth-order valence-electron chi connectivity index (χ4n) is 2.26. The van der Waals surface area contributed by atoms with Crippen molar-refractivity contribution in [3.63, 3.8) is 0 Å². The van der Waals surface area contributed by atoms with Gasteiger partial charge < -0.3 is 19.9 Å². The van der Waals surface area contributed by atoms with Crippen molar-refractivity contribution in [2.75, 3.05) is 13.7 Å². The first-order valence-corrected chi connectivity index (χ1v) is 9.30. The van der Waals surface area contributed by atoms with Crippen molar-refractivity contribution in [2.45, 2.75) is 19.2 Å². The van der Waals surface area contributed by atoms with Gasteiger partial charge in [-0.05, 0) is 42.0 Å². The highest BCUT2D eigenvalue weighted by Gasteiger charge is 2.19. The molecule has 30 heavy (non-hydrogen) atoms. The summed E-state index contributed by atoms with van der Waals surface area (Å²) in [7, 11) is 1.27. The van der Waals surface area contributed by atoms with Crippen LogP contribution in [0.15, 0.2) is 42.5 Å². The van der Waals surface area contributed by atoms with Gasteiger partial charge >= 0.3 is 17.9 Å². The van der Waals surface area contributed by atoms with Gasteiger partial charge in [0.1, 0.15) is 0 Å². The van der Waals surface area contributed by atoms with Gasteiger partial charge in [-0.1, -0.05) is 19.9 Å². The lowest BCUT2D eigenvalue weighted by Gasteiger charge is -2.15. The zero-order chi connectivity index (χ0) is 21.6. The predicted octanol–water partition coefficient (Wildman–Crippen LogP) is 3.91. The number of methoxy groups -OCH3 is 1. The lowest BCUT2D eigenvalue weighted by atomic mass is 10.1. The molecule has 2 aromatic rings. The summed E-state index contributed by atoms with van der Waals surface area (Å²) in [5, 5.41) is -0.484. The highest BCUT2D eigenvalue weighted by Crippen LogP contribution is 2.33. The Morgan fingerprint density at radius 1 is 0.933 bits per heavy atom. The first kappa shape index (κ1) is 25.4. The molecule has 1 atom stereocenters. The highest BCUT2D eigenvalue weighted by molar-refractivity contribution is 6.21. The minimum Gasteiger partial charge on any atom is -0.465 e. The maximum Gasteiger partial charge on any atom is 0.343 e. The van der Waals surface area contributed by atoms with Crippen LogP contribution in [-0.2, 0) is 9.53 Å². The fourth-order valence-corrected chi connectivity index (χ4v) is 2.40. The number of rotatable bonds is 7. The monoisotopic (exact) mass is 455 g/mol. The normalized spacial score (nSPS) is 11.3. The number of halogens is 2. The van der Waals surface area contributed by atoms with E-state index in [-0.39, 0.29) is 41.9 Å². The first-order chi connectivity index (χ1) is 13.8. The molecule has 0 heterocycles. The van der Waals surface area contributed by atoms with Gasteiger partial charge in [0.05, 0.1) is 29.5 Å². The second-order valence-electron chi connectivity index (χ2n) is 6.44. The van der Waals surface area contributed by atoms with Crippen molar-refractivity contribution in [2.24, 2.45) is 11.7 Å². The second-order valence-corrected chi connectivity index (χ2v) is 6.97. The molecule has 0 bridgehead atoms. The van der Waals surface area contributed by atoms with Crippen LogP contribution in [-0.4, -0.2) is 31.6 Å². The number of hydrogen-bond donors (Lipinski definition) is 1. The van der Waals surface area contributed by atoms with Crippen LogP contribution in [0.5, 0.6) is 11.5 Å². The molecule has 1 unspecified atom stereocenters. The minimum absolute atomic E-state index is 0. The Labute approximate surface area is 185 Å². The molecule has 0 fully saturated rings. The Kier molecular flexibility index (Phi) is 9.78. The molecule has 0 aliphatic carbocycles. The van der Waals surface area contributed by atoms with Crippen molar-refractivity contribution in [1.82, 2.24) is 0 Å². The van der Waals surface area contributed by atoms with Gasteiger partial charge in [0.2, 0.25) is 0 Å². The third-order valence-electron chi connectivity index (χ3n) is 3.96. The van der Waals surface area contributed by atoms with E-state index >= 15 is 0 Å². The molecule has 0 spiro atoms. The van der Waals surface area contributed by atoms with E-state index in [0.29, 0.717) is 11.1 Å². The third kappa shape index (κ3) is 6.45. The number of carbonyl (C=O) groups is 3. The van der Waals surface area contributed by atoms with Gasteiger partial charge in [0.15, 0.2) is 11.5 Å². The van der Waals surface area contributed by atoms with Crippen LogP contribution >= 0.6 is 24.0 Å². The van der Waals surface area contributed by atoms with E-state index in [1.54, 1.807) is 19.9 Å². The molecule has 9 heteroatoms. The van der Waals surface area contributed by atoms with Gasteiger partial charge in [-0.2, -0.15) is 0 Å². The number of alkyl halides is 1. The van der Waals surface area contributed by atoms with Gasteiger partial charge in [0.25, 0.3) is 0 Å². The number of benzene rings is 2. The largest absolute Gasteiger partial charge is 0.465 e. The Bertz CT molecular complexity index is 899. The Morgan fingerprint density at radius 3 is 2.00 bits per heavy atom. The Balaban J connectivity index is 0.00000450. The van der Waals surface area contributed by atoms with Crippen LogP contribution in [0.4, 0.5) is 0 Å².